The first-order chi connectivity index (χ1) is 6.65. The lowest BCUT2D eigenvalue weighted by molar-refractivity contribution is 0.534. The standard InChI is InChI=1S/C10H14N4/c1-6(2)14-10(12)8(5-11)9(13-14)7-3-4-7/h6-7H,3-4,12H2,1-2H3. The first-order valence-electron chi connectivity index (χ1n) is 4.93. The normalized spacial score (nSPS) is 15.9. The molecule has 0 radical (unpaired) electrons. The summed E-state index contributed by atoms with van der Waals surface area (Å²) in [6.45, 7) is 4.03. The highest BCUT2D eigenvalue weighted by molar-refractivity contribution is 5.54. The fourth-order valence-electron chi connectivity index (χ4n) is 1.62. The second kappa shape index (κ2) is 3.02. The zero-order valence-corrected chi connectivity index (χ0v) is 8.49. The topological polar surface area (TPSA) is 67.6 Å². The molecule has 4 nitrogen and oxygen atoms in total. The van der Waals surface area contributed by atoms with Crippen LogP contribution in [0.1, 0.15) is 49.9 Å². The van der Waals surface area contributed by atoms with Crippen LogP contribution >= 0.6 is 0 Å². The number of nitrogens with two attached hydrogens (primary N) is 1. The third-order valence-corrected chi connectivity index (χ3v) is 2.54. The summed E-state index contributed by atoms with van der Waals surface area (Å²) in [5.74, 6) is 0.997. The fraction of sp³-hybridized carbons (Fsp3) is 0.600. The van der Waals surface area contributed by atoms with Gasteiger partial charge < -0.3 is 5.73 Å². The molecule has 0 saturated heterocycles. The highest BCUT2D eigenvalue weighted by Crippen LogP contribution is 2.42. The van der Waals surface area contributed by atoms with Crippen molar-refractivity contribution in [1.82, 2.24) is 9.78 Å². The minimum Gasteiger partial charge on any atom is -0.383 e. The number of nitrogens with zero attached hydrogens (tertiary/aromatic N) is 3. The molecule has 1 fully saturated rings. The molecule has 1 aromatic rings. The van der Waals surface area contributed by atoms with E-state index in [1.165, 1.54) is 0 Å². The highest BCUT2D eigenvalue weighted by Gasteiger charge is 2.31. The fourth-order valence-corrected chi connectivity index (χ4v) is 1.62. The van der Waals surface area contributed by atoms with Crippen LogP contribution in [-0.4, -0.2) is 9.78 Å². The predicted molar refractivity (Wildman–Crippen MR) is 53.7 cm³/mol. The molecule has 1 aromatic heterocycles. The van der Waals surface area contributed by atoms with Crippen LogP contribution in [0.25, 0.3) is 0 Å². The Labute approximate surface area is 83.3 Å². The van der Waals surface area contributed by atoms with E-state index in [9.17, 15) is 0 Å². The van der Waals surface area contributed by atoms with Crippen molar-refractivity contribution in [3.63, 3.8) is 0 Å². The van der Waals surface area contributed by atoms with Crippen LogP contribution in [0.15, 0.2) is 0 Å². The van der Waals surface area contributed by atoms with Gasteiger partial charge in [-0.05, 0) is 26.7 Å². The Kier molecular flexibility index (Phi) is 1.95. The lowest BCUT2D eigenvalue weighted by atomic mass is 10.2. The van der Waals surface area contributed by atoms with E-state index in [0.29, 0.717) is 17.3 Å². The number of aromatic nitrogens is 2. The Hall–Kier alpha value is -1.50. The van der Waals surface area contributed by atoms with Crippen molar-refractivity contribution in [3.8, 4) is 6.07 Å². The van der Waals surface area contributed by atoms with Crippen LogP contribution in [-0.2, 0) is 0 Å². The number of nitrogen functional groups attached to an aromatic ring is 1. The van der Waals surface area contributed by atoms with Crippen LogP contribution in [0.4, 0.5) is 5.82 Å². The summed E-state index contributed by atoms with van der Waals surface area (Å²) >= 11 is 0. The SMILES string of the molecule is CC(C)n1nc(C2CC2)c(C#N)c1N. The molecule has 0 unspecified atom stereocenters. The molecule has 0 bridgehead atoms. The second-order valence-electron chi connectivity index (χ2n) is 4.07. The van der Waals surface area contributed by atoms with Crippen molar-refractivity contribution in [2.24, 2.45) is 0 Å². The van der Waals surface area contributed by atoms with Crippen LogP contribution in [0.5, 0.6) is 0 Å². The number of hydrogen-bond donors (Lipinski definition) is 1. The van der Waals surface area contributed by atoms with Gasteiger partial charge in [-0.2, -0.15) is 10.4 Å². The molecule has 1 aliphatic carbocycles. The van der Waals surface area contributed by atoms with Gasteiger partial charge in [-0.25, -0.2) is 4.68 Å². The first kappa shape index (κ1) is 9.07. The van der Waals surface area contributed by atoms with Crippen molar-refractivity contribution in [1.29, 1.82) is 5.26 Å². The van der Waals surface area contributed by atoms with Gasteiger partial charge in [0, 0.05) is 12.0 Å². The maximum absolute atomic E-state index is 8.99. The van der Waals surface area contributed by atoms with Gasteiger partial charge >= 0.3 is 0 Å². The third-order valence-electron chi connectivity index (χ3n) is 2.54. The van der Waals surface area contributed by atoms with E-state index in [-0.39, 0.29) is 6.04 Å². The summed E-state index contributed by atoms with van der Waals surface area (Å²) in [4.78, 5) is 0. The third kappa shape index (κ3) is 1.25. The lowest BCUT2D eigenvalue weighted by Gasteiger charge is -2.06. The molecule has 14 heavy (non-hydrogen) atoms. The van der Waals surface area contributed by atoms with E-state index in [2.05, 4.69) is 11.2 Å². The second-order valence-corrected chi connectivity index (χ2v) is 4.07. The molecule has 2 N–H and O–H groups in total. The van der Waals surface area contributed by atoms with Crippen LogP contribution in [0, 0.1) is 11.3 Å². The quantitative estimate of drug-likeness (QED) is 0.773. The van der Waals surface area contributed by atoms with Gasteiger partial charge in [0.25, 0.3) is 0 Å². The number of rotatable bonds is 2. The molecule has 1 aliphatic rings. The van der Waals surface area contributed by atoms with E-state index in [1.54, 1.807) is 4.68 Å². The Bertz CT molecular complexity index is 393. The van der Waals surface area contributed by atoms with Crippen molar-refractivity contribution < 1.29 is 0 Å². The average Bonchev–Trinajstić information content (AvgIpc) is 2.90. The summed E-state index contributed by atoms with van der Waals surface area (Å²) in [5.41, 5.74) is 7.35. The molecule has 74 valence electrons. The van der Waals surface area contributed by atoms with Gasteiger partial charge in [-0.1, -0.05) is 0 Å². The van der Waals surface area contributed by atoms with E-state index in [4.69, 9.17) is 11.0 Å². The predicted octanol–water partition coefficient (Wildman–Crippen LogP) is 1.80. The van der Waals surface area contributed by atoms with Crippen molar-refractivity contribution in [2.75, 3.05) is 5.73 Å². The van der Waals surface area contributed by atoms with Gasteiger partial charge in [0.2, 0.25) is 0 Å². The minimum atomic E-state index is 0.217. The molecular formula is C10H14N4. The van der Waals surface area contributed by atoms with Crippen molar-refractivity contribution >= 4 is 5.82 Å². The zero-order chi connectivity index (χ0) is 10.3. The van der Waals surface area contributed by atoms with Crippen molar-refractivity contribution in [3.05, 3.63) is 11.3 Å². The van der Waals surface area contributed by atoms with E-state index < -0.39 is 0 Å². The molecule has 1 saturated carbocycles. The monoisotopic (exact) mass is 190 g/mol. The Morgan fingerprint density at radius 2 is 2.21 bits per heavy atom. The van der Waals surface area contributed by atoms with E-state index >= 15 is 0 Å². The number of hydrogen-bond acceptors (Lipinski definition) is 3. The van der Waals surface area contributed by atoms with E-state index in [1.807, 2.05) is 13.8 Å². The molecule has 2 rings (SSSR count). The molecule has 0 aromatic carbocycles. The molecule has 0 spiro atoms. The molecule has 0 aliphatic heterocycles. The van der Waals surface area contributed by atoms with E-state index in [0.717, 1.165) is 18.5 Å². The maximum atomic E-state index is 8.99. The molecular weight excluding hydrogens is 176 g/mol. The Balaban J connectivity index is 2.50. The lowest BCUT2D eigenvalue weighted by Crippen LogP contribution is -2.07. The minimum absolute atomic E-state index is 0.217. The highest BCUT2D eigenvalue weighted by atomic mass is 15.3. The van der Waals surface area contributed by atoms with Crippen LogP contribution < -0.4 is 5.73 Å². The number of anilines is 1. The molecule has 4 heteroatoms. The van der Waals surface area contributed by atoms with Gasteiger partial charge in [0.05, 0.1) is 5.69 Å². The summed E-state index contributed by atoms with van der Waals surface area (Å²) < 4.78 is 1.74. The zero-order valence-electron chi connectivity index (χ0n) is 8.49. The molecule has 1 heterocycles. The summed E-state index contributed by atoms with van der Waals surface area (Å²) in [6, 6.07) is 2.37. The number of nitriles is 1. The molecule has 0 amide bonds. The molecule has 0 atom stereocenters. The first-order valence-corrected chi connectivity index (χ1v) is 4.93. The summed E-state index contributed by atoms with van der Waals surface area (Å²) in [5, 5.41) is 13.4. The smallest absolute Gasteiger partial charge is 0.140 e. The van der Waals surface area contributed by atoms with Crippen molar-refractivity contribution in [2.45, 2.75) is 38.6 Å². The largest absolute Gasteiger partial charge is 0.383 e. The van der Waals surface area contributed by atoms with Gasteiger partial charge in [-0.3, -0.25) is 0 Å². The Morgan fingerprint density at radius 3 is 2.64 bits per heavy atom. The summed E-state index contributed by atoms with van der Waals surface area (Å²) in [7, 11) is 0. The summed E-state index contributed by atoms with van der Waals surface area (Å²) in [6.07, 6.45) is 2.28. The van der Waals surface area contributed by atoms with Crippen LogP contribution in [0.3, 0.4) is 0 Å². The maximum Gasteiger partial charge on any atom is 0.140 e. The van der Waals surface area contributed by atoms with Crippen LogP contribution in [0.2, 0.25) is 0 Å². The average molecular weight is 190 g/mol. The van der Waals surface area contributed by atoms with Gasteiger partial charge in [0.15, 0.2) is 0 Å². The van der Waals surface area contributed by atoms with Gasteiger partial charge in [0.1, 0.15) is 17.5 Å². The van der Waals surface area contributed by atoms with Gasteiger partial charge in [-0.15, -0.1) is 0 Å². The Morgan fingerprint density at radius 1 is 1.57 bits per heavy atom.